The molecule has 0 unspecified atom stereocenters. The average Bonchev–Trinajstić information content (AvgIpc) is 3.36. The number of nitrogens with one attached hydrogen (secondary N) is 1. The molecule has 2 aromatic rings. The SMILES string of the molecule is O=C(Nc1ccc2c(c1)CCC2)[C@@H]1C[C@H](C(=O)N2CCCCC2)CN(CCc2ccccc2)C1. The minimum absolute atomic E-state index is 0.0544. The highest BCUT2D eigenvalue weighted by Gasteiger charge is 2.37. The summed E-state index contributed by atoms with van der Waals surface area (Å²) in [7, 11) is 0. The van der Waals surface area contributed by atoms with Crippen LogP contribution in [0.25, 0.3) is 0 Å². The number of rotatable bonds is 6. The Morgan fingerprint density at radius 1 is 0.853 bits per heavy atom. The molecule has 180 valence electrons. The van der Waals surface area contributed by atoms with Crippen LogP contribution in [0.3, 0.4) is 0 Å². The molecule has 0 aromatic heterocycles. The van der Waals surface area contributed by atoms with Gasteiger partial charge >= 0.3 is 0 Å². The zero-order chi connectivity index (χ0) is 23.3. The highest BCUT2D eigenvalue weighted by atomic mass is 16.2. The molecule has 0 radical (unpaired) electrons. The van der Waals surface area contributed by atoms with Crippen molar-refractivity contribution in [3.8, 4) is 0 Å². The van der Waals surface area contributed by atoms with E-state index in [0.29, 0.717) is 13.0 Å². The molecule has 2 heterocycles. The third-order valence-corrected chi connectivity index (χ3v) is 7.84. The van der Waals surface area contributed by atoms with Crippen molar-refractivity contribution >= 4 is 17.5 Å². The molecule has 34 heavy (non-hydrogen) atoms. The summed E-state index contributed by atoms with van der Waals surface area (Å²) in [6.07, 6.45) is 8.43. The number of carbonyl (C=O) groups is 2. The quantitative estimate of drug-likeness (QED) is 0.701. The van der Waals surface area contributed by atoms with Gasteiger partial charge in [0.15, 0.2) is 0 Å². The third-order valence-electron chi connectivity index (χ3n) is 7.84. The topological polar surface area (TPSA) is 52.7 Å². The molecule has 5 nitrogen and oxygen atoms in total. The number of likely N-dealkylation sites (tertiary alicyclic amines) is 2. The lowest BCUT2D eigenvalue weighted by Crippen LogP contribution is -2.51. The smallest absolute Gasteiger partial charge is 0.228 e. The normalized spacial score (nSPS) is 22.9. The van der Waals surface area contributed by atoms with Gasteiger partial charge in [0.05, 0.1) is 11.8 Å². The molecule has 2 saturated heterocycles. The van der Waals surface area contributed by atoms with Crippen LogP contribution in [0.2, 0.25) is 0 Å². The summed E-state index contributed by atoms with van der Waals surface area (Å²) in [5.41, 5.74) is 4.97. The first kappa shape index (κ1) is 23.1. The Morgan fingerprint density at radius 3 is 2.44 bits per heavy atom. The van der Waals surface area contributed by atoms with Crippen molar-refractivity contribution < 1.29 is 9.59 Å². The lowest BCUT2D eigenvalue weighted by atomic mass is 9.86. The Morgan fingerprint density at radius 2 is 1.62 bits per heavy atom. The molecule has 2 fully saturated rings. The molecular formula is C29H37N3O2. The van der Waals surface area contributed by atoms with Gasteiger partial charge in [0.25, 0.3) is 0 Å². The highest BCUT2D eigenvalue weighted by molar-refractivity contribution is 5.93. The summed E-state index contributed by atoms with van der Waals surface area (Å²) in [6, 6.07) is 16.8. The van der Waals surface area contributed by atoms with Crippen molar-refractivity contribution in [3.63, 3.8) is 0 Å². The Kier molecular flexibility index (Phi) is 7.29. The molecule has 5 heteroatoms. The fraction of sp³-hybridized carbons (Fsp3) is 0.517. The van der Waals surface area contributed by atoms with Gasteiger partial charge in [-0.2, -0.15) is 0 Å². The predicted molar refractivity (Wildman–Crippen MR) is 136 cm³/mol. The van der Waals surface area contributed by atoms with Gasteiger partial charge in [-0.05, 0) is 80.2 Å². The van der Waals surface area contributed by atoms with Gasteiger partial charge in [0.1, 0.15) is 0 Å². The molecule has 2 amide bonds. The van der Waals surface area contributed by atoms with Gasteiger partial charge in [-0.25, -0.2) is 0 Å². The molecule has 1 N–H and O–H groups in total. The largest absolute Gasteiger partial charge is 0.342 e. The van der Waals surface area contributed by atoms with Crippen LogP contribution >= 0.6 is 0 Å². The summed E-state index contributed by atoms with van der Waals surface area (Å²) < 4.78 is 0. The van der Waals surface area contributed by atoms with Crippen molar-refractivity contribution in [1.82, 2.24) is 9.80 Å². The molecule has 0 spiro atoms. The van der Waals surface area contributed by atoms with Gasteiger partial charge in [0, 0.05) is 38.4 Å². The van der Waals surface area contributed by atoms with E-state index in [4.69, 9.17) is 0 Å². The molecule has 2 aromatic carbocycles. The van der Waals surface area contributed by atoms with Crippen LogP contribution in [-0.4, -0.2) is 54.3 Å². The second-order valence-electron chi connectivity index (χ2n) is 10.3. The summed E-state index contributed by atoms with van der Waals surface area (Å²) in [5, 5.41) is 3.18. The third kappa shape index (κ3) is 5.52. The zero-order valence-corrected chi connectivity index (χ0v) is 20.2. The molecule has 3 aliphatic rings. The number of benzene rings is 2. The van der Waals surface area contributed by atoms with Crippen LogP contribution in [0.15, 0.2) is 48.5 Å². The van der Waals surface area contributed by atoms with Crippen molar-refractivity contribution in [2.24, 2.45) is 11.8 Å². The average molecular weight is 460 g/mol. The van der Waals surface area contributed by atoms with E-state index in [2.05, 4.69) is 46.6 Å². The second kappa shape index (κ2) is 10.7. The standard InChI is InChI=1S/C29H37N3O2/c33-28(30-27-13-12-23-10-7-11-24(23)19-27)25-18-26(29(34)32-15-5-2-6-16-32)21-31(20-25)17-14-22-8-3-1-4-9-22/h1,3-4,8-9,12-13,19,25-26H,2,5-7,10-11,14-18,20-21H2,(H,30,33)/t25-,26+/m1/s1. The van der Waals surface area contributed by atoms with E-state index >= 15 is 0 Å². The predicted octanol–water partition coefficient (Wildman–Crippen LogP) is 4.31. The Bertz CT molecular complexity index is 1000. The van der Waals surface area contributed by atoms with Gasteiger partial charge in [-0.3, -0.25) is 9.59 Å². The van der Waals surface area contributed by atoms with Crippen molar-refractivity contribution in [2.75, 3.05) is 38.0 Å². The van der Waals surface area contributed by atoms with Crippen LogP contribution in [0.4, 0.5) is 5.69 Å². The van der Waals surface area contributed by atoms with E-state index in [1.54, 1.807) is 0 Å². The lowest BCUT2D eigenvalue weighted by molar-refractivity contribution is -0.140. The van der Waals surface area contributed by atoms with Crippen LogP contribution < -0.4 is 5.32 Å². The number of piperidine rings is 2. The maximum absolute atomic E-state index is 13.4. The minimum atomic E-state index is -0.170. The van der Waals surface area contributed by atoms with Crippen LogP contribution in [0.5, 0.6) is 0 Å². The Labute approximate surface area is 203 Å². The van der Waals surface area contributed by atoms with E-state index in [1.165, 1.54) is 29.5 Å². The summed E-state index contributed by atoms with van der Waals surface area (Å²) >= 11 is 0. The van der Waals surface area contributed by atoms with E-state index in [1.807, 2.05) is 17.0 Å². The van der Waals surface area contributed by atoms with Crippen LogP contribution in [-0.2, 0) is 28.9 Å². The van der Waals surface area contributed by atoms with Gasteiger partial charge < -0.3 is 15.1 Å². The van der Waals surface area contributed by atoms with E-state index in [-0.39, 0.29) is 23.7 Å². The fourth-order valence-electron chi connectivity index (χ4n) is 5.94. The number of hydrogen-bond donors (Lipinski definition) is 1. The lowest BCUT2D eigenvalue weighted by Gasteiger charge is -2.39. The maximum Gasteiger partial charge on any atom is 0.228 e. The number of aryl methyl sites for hydroxylation is 2. The number of amides is 2. The van der Waals surface area contributed by atoms with E-state index in [9.17, 15) is 9.59 Å². The van der Waals surface area contributed by atoms with E-state index < -0.39 is 0 Å². The number of nitrogens with zero attached hydrogens (tertiary/aromatic N) is 2. The number of fused-ring (bicyclic) bond motifs is 1. The first-order valence-electron chi connectivity index (χ1n) is 13.1. The van der Waals surface area contributed by atoms with Crippen molar-refractivity contribution in [1.29, 1.82) is 0 Å². The molecule has 0 bridgehead atoms. The molecular weight excluding hydrogens is 422 g/mol. The summed E-state index contributed by atoms with van der Waals surface area (Å²) in [5.74, 6) is 0.0353. The maximum atomic E-state index is 13.4. The van der Waals surface area contributed by atoms with Crippen molar-refractivity contribution in [2.45, 2.75) is 51.4 Å². The molecule has 1 aliphatic carbocycles. The second-order valence-corrected chi connectivity index (χ2v) is 10.3. The fourth-order valence-corrected chi connectivity index (χ4v) is 5.94. The molecule has 0 saturated carbocycles. The first-order chi connectivity index (χ1) is 16.7. The number of carbonyl (C=O) groups excluding carboxylic acids is 2. The molecule has 5 rings (SSSR count). The van der Waals surface area contributed by atoms with Crippen LogP contribution in [0, 0.1) is 11.8 Å². The van der Waals surface area contributed by atoms with Gasteiger partial charge in [0.2, 0.25) is 11.8 Å². The Balaban J connectivity index is 1.27. The van der Waals surface area contributed by atoms with Crippen LogP contribution in [0.1, 0.15) is 48.8 Å². The zero-order valence-electron chi connectivity index (χ0n) is 20.2. The molecule has 2 atom stereocenters. The summed E-state index contributed by atoms with van der Waals surface area (Å²) in [6.45, 7) is 4.07. The summed E-state index contributed by atoms with van der Waals surface area (Å²) in [4.78, 5) is 31.2. The van der Waals surface area contributed by atoms with E-state index in [0.717, 1.165) is 64.0 Å². The molecule has 2 aliphatic heterocycles. The van der Waals surface area contributed by atoms with Crippen molar-refractivity contribution in [3.05, 3.63) is 65.2 Å². The number of hydrogen-bond acceptors (Lipinski definition) is 3. The number of anilines is 1. The minimum Gasteiger partial charge on any atom is -0.342 e. The highest BCUT2D eigenvalue weighted by Crippen LogP contribution is 2.28. The van der Waals surface area contributed by atoms with Gasteiger partial charge in [-0.15, -0.1) is 0 Å². The Hall–Kier alpha value is -2.66. The monoisotopic (exact) mass is 459 g/mol. The van der Waals surface area contributed by atoms with Gasteiger partial charge in [-0.1, -0.05) is 36.4 Å². The first-order valence-corrected chi connectivity index (χ1v) is 13.1.